The van der Waals surface area contributed by atoms with E-state index in [1.807, 2.05) is 18.2 Å². The normalized spacial score (nSPS) is 45.4. The molecular weight excluding hydrogens is 244 g/mol. The van der Waals surface area contributed by atoms with E-state index in [1.54, 1.807) is 0 Å². The number of benzene rings is 1. The summed E-state index contributed by atoms with van der Waals surface area (Å²) < 4.78 is 0. The first-order valence-electron chi connectivity index (χ1n) is 7.17. The summed E-state index contributed by atoms with van der Waals surface area (Å²) in [6, 6.07) is 7.87. The van der Waals surface area contributed by atoms with E-state index in [9.17, 15) is 5.11 Å². The van der Waals surface area contributed by atoms with Gasteiger partial charge in [0.2, 0.25) is 0 Å². The van der Waals surface area contributed by atoms with Crippen LogP contribution >= 0.6 is 11.6 Å². The van der Waals surface area contributed by atoms with Crippen LogP contribution in [0.15, 0.2) is 24.3 Å². The number of halogens is 1. The molecule has 2 bridgehead atoms. The van der Waals surface area contributed by atoms with E-state index in [1.165, 1.54) is 25.7 Å². The van der Waals surface area contributed by atoms with Gasteiger partial charge in [-0.05, 0) is 67.1 Å². The molecule has 0 amide bonds. The van der Waals surface area contributed by atoms with E-state index in [2.05, 4.69) is 6.07 Å². The standard InChI is InChI=1S/C16H19ClO/c17-12-4-1-3-11(8-12)16(18)9-10-7-15(16)14-6-2-5-13(10)14/h1,3-4,8,10,13-15,18H,2,5-7,9H2. The van der Waals surface area contributed by atoms with Crippen LogP contribution in [-0.2, 0) is 5.60 Å². The topological polar surface area (TPSA) is 20.2 Å². The maximum atomic E-state index is 11.2. The zero-order chi connectivity index (χ0) is 12.3. The minimum Gasteiger partial charge on any atom is -0.385 e. The molecule has 1 N–H and O–H groups in total. The second-order valence-corrected chi connectivity index (χ2v) is 6.94. The lowest BCUT2D eigenvalue weighted by atomic mass is 9.70. The van der Waals surface area contributed by atoms with Gasteiger partial charge in [0.05, 0.1) is 5.60 Å². The lowest BCUT2D eigenvalue weighted by molar-refractivity contribution is -0.0512. The second kappa shape index (κ2) is 3.74. The third-order valence-corrected chi connectivity index (χ3v) is 6.05. The molecule has 0 heterocycles. The number of aliphatic hydroxyl groups is 1. The highest BCUT2D eigenvalue weighted by Crippen LogP contribution is 2.65. The average molecular weight is 263 g/mol. The lowest BCUT2D eigenvalue weighted by Crippen LogP contribution is -2.38. The van der Waals surface area contributed by atoms with Gasteiger partial charge in [0, 0.05) is 5.02 Å². The fourth-order valence-electron chi connectivity index (χ4n) is 5.20. The third kappa shape index (κ3) is 1.38. The Bertz CT molecular complexity index is 486. The highest BCUT2D eigenvalue weighted by molar-refractivity contribution is 6.30. The first-order chi connectivity index (χ1) is 8.68. The quantitative estimate of drug-likeness (QED) is 0.812. The van der Waals surface area contributed by atoms with Gasteiger partial charge in [0.25, 0.3) is 0 Å². The Labute approximate surface area is 113 Å². The van der Waals surface area contributed by atoms with Gasteiger partial charge in [-0.25, -0.2) is 0 Å². The summed E-state index contributed by atoms with van der Waals surface area (Å²) in [5.41, 5.74) is 0.453. The molecule has 0 saturated heterocycles. The molecule has 18 heavy (non-hydrogen) atoms. The van der Waals surface area contributed by atoms with Gasteiger partial charge in [-0.1, -0.05) is 30.2 Å². The largest absolute Gasteiger partial charge is 0.385 e. The van der Waals surface area contributed by atoms with Crippen LogP contribution in [-0.4, -0.2) is 5.11 Å². The molecule has 0 radical (unpaired) electrons. The molecule has 3 saturated carbocycles. The van der Waals surface area contributed by atoms with E-state index in [0.29, 0.717) is 5.92 Å². The maximum Gasteiger partial charge on any atom is 0.0930 e. The molecule has 0 aromatic heterocycles. The van der Waals surface area contributed by atoms with Crippen LogP contribution < -0.4 is 0 Å². The van der Waals surface area contributed by atoms with Gasteiger partial charge in [-0.2, -0.15) is 0 Å². The Kier molecular flexibility index (Phi) is 2.35. The average Bonchev–Trinajstić information content (AvgIpc) is 2.99. The SMILES string of the molecule is OC1(c2cccc(Cl)c2)CC2CC1C1CCCC21. The lowest BCUT2D eigenvalue weighted by Gasteiger charge is -2.39. The van der Waals surface area contributed by atoms with Crippen molar-refractivity contribution in [1.82, 2.24) is 0 Å². The van der Waals surface area contributed by atoms with E-state index in [4.69, 9.17) is 11.6 Å². The zero-order valence-corrected chi connectivity index (χ0v) is 11.2. The number of hydrogen-bond donors (Lipinski definition) is 1. The molecule has 1 nitrogen and oxygen atoms in total. The molecule has 4 rings (SSSR count). The third-order valence-electron chi connectivity index (χ3n) is 5.82. The molecular formula is C16H19ClO. The Hall–Kier alpha value is -0.530. The number of fused-ring (bicyclic) bond motifs is 5. The Morgan fingerprint density at radius 3 is 2.89 bits per heavy atom. The van der Waals surface area contributed by atoms with Crippen LogP contribution in [0.3, 0.4) is 0 Å². The monoisotopic (exact) mass is 262 g/mol. The number of rotatable bonds is 1. The van der Waals surface area contributed by atoms with Gasteiger partial charge < -0.3 is 5.11 Å². The van der Waals surface area contributed by atoms with Gasteiger partial charge in [0.1, 0.15) is 0 Å². The van der Waals surface area contributed by atoms with Gasteiger partial charge in [-0.3, -0.25) is 0 Å². The van der Waals surface area contributed by atoms with Crippen LogP contribution in [0.2, 0.25) is 5.02 Å². The summed E-state index contributed by atoms with van der Waals surface area (Å²) in [5, 5.41) is 11.9. The van der Waals surface area contributed by atoms with Crippen molar-refractivity contribution in [3.63, 3.8) is 0 Å². The molecule has 5 unspecified atom stereocenters. The predicted octanol–water partition coefficient (Wildman–Crippen LogP) is 3.98. The molecule has 3 aliphatic carbocycles. The Balaban J connectivity index is 1.73. The van der Waals surface area contributed by atoms with Gasteiger partial charge in [-0.15, -0.1) is 0 Å². The van der Waals surface area contributed by atoms with Crippen molar-refractivity contribution >= 4 is 11.6 Å². The van der Waals surface area contributed by atoms with E-state index >= 15 is 0 Å². The summed E-state index contributed by atoms with van der Waals surface area (Å²) in [5.74, 6) is 2.92. The van der Waals surface area contributed by atoms with Crippen LogP contribution in [0.1, 0.15) is 37.7 Å². The Morgan fingerprint density at radius 2 is 2.06 bits per heavy atom. The van der Waals surface area contributed by atoms with E-state index in [-0.39, 0.29) is 0 Å². The number of hydrogen-bond acceptors (Lipinski definition) is 1. The van der Waals surface area contributed by atoms with Gasteiger partial charge >= 0.3 is 0 Å². The van der Waals surface area contributed by atoms with E-state index < -0.39 is 5.60 Å². The second-order valence-electron chi connectivity index (χ2n) is 6.50. The minimum absolute atomic E-state index is 0.480. The molecule has 3 aliphatic rings. The molecule has 96 valence electrons. The molecule has 1 aromatic carbocycles. The summed E-state index contributed by atoms with van der Waals surface area (Å²) >= 11 is 6.09. The minimum atomic E-state index is -0.596. The van der Waals surface area contributed by atoms with Crippen molar-refractivity contribution in [3.05, 3.63) is 34.9 Å². The molecule has 0 spiro atoms. The molecule has 3 fully saturated rings. The highest BCUT2D eigenvalue weighted by atomic mass is 35.5. The van der Waals surface area contributed by atoms with Crippen molar-refractivity contribution < 1.29 is 5.11 Å². The van der Waals surface area contributed by atoms with Crippen LogP contribution in [0.5, 0.6) is 0 Å². The first kappa shape index (κ1) is 11.3. The molecule has 1 aromatic rings. The summed E-state index contributed by atoms with van der Waals surface area (Å²) in [7, 11) is 0. The maximum absolute atomic E-state index is 11.2. The van der Waals surface area contributed by atoms with Gasteiger partial charge in [0.15, 0.2) is 0 Å². The van der Waals surface area contributed by atoms with E-state index in [0.717, 1.165) is 34.8 Å². The fraction of sp³-hybridized carbons (Fsp3) is 0.625. The zero-order valence-electron chi connectivity index (χ0n) is 10.5. The predicted molar refractivity (Wildman–Crippen MR) is 72.4 cm³/mol. The molecule has 2 heteroatoms. The molecule has 0 aliphatic heterocycles. The molecule has 5 atom stereocenters. The van der Waals surface area contributed by atoms with Crippen molar-refractivity contribution in [2.45, 2.75) is 37.7 Å². The van der Waals surface area contributed by atoms with Crippen LogP contribution in [0, 0.1) is 23.7 Å². The smallest absolute Gasteiger partial charge is 0.0930 e. The van der Waals surface area contributed by atoms with Crippen molar-refractivity contribution in [2.24, 2.45) is 23.7 Å². The first-order valence-corrected chi connectivity index (χ1v) is 7.55. The van der Waals surface area contributed by atoms with Crippen molar-refractivity contribution in [2.75, 3.05) is 0 Å². The summed E-state index contributed by atoms with van der Waals surface area (Å²) in [6.45, 7) is 0. The Morgan fingerprint density at radius 1 is 1.22 bits per heavy atom. The summed E-state index contributed by atoms with van der Waals surface area (Å²) in [6.07, 6.45) is 6.29. The summed E-state index contributed by atoms with van der Waals surface area (Å²) in [4.78, 5) is 0. The van der Waals surface area contributed by atoms with Crippen LogP contribution in [0.4, 0.5) is 0 Å². The fourth-order valence-corrected chi connectivity index (χ4v) is 5.39. The van der Waals surface area contributed by atoms with Crippen molar-refractivity contribution in [1.29, 1.82) is 0 Å². The highest BCUT2D eigenvalue weighted by Gasteiger charge is 2.60. The van der Waals surface area contributed by atoms with Crippen LogP contribution in [0.25, 0.3) is 0 Å². The van der Waals surface area contributed by atoms with Crippen molar-refractivity contribution in [3.8, 4) is 0 Å².